The van der Waals surface area contributed by atoms with Crippen LogP contribution in [0.1, 0.15) is 17.5 Å². The number of H-pyrrole nitrogens is 1. The summed E-state index contributed by atoms with van der Waals surface area (Å²) in [6, 6.07) is 19.5. The van der Waals surface area contributed by atoms with Crippen molar-refractivity contribution in [1.29, 1.82) is 0 Å². The Morgan fingerprint density at radius 1 is 1.07 bits per heavy atom. The number of aliphatic hydroxyl groups is 1. The number of aliphatic hydroxyl groups excluding tert-OH is 1. The van der Waals surface area contributed by atoms with Crippen LogP contribution in [0.2, 0.25) is 0 Å². The van der Waals surface area contributed by atoms with Crippen molar-refractivity contribution in [3.05, 3.63) is 87.8 Å². The van der Waals surface area contributed by atoms with E-state index in [0.717, 1.165) is 21.5 Å². The molecule has 4 rings (SSSR count). The van der Waals surface area contributed by atoms with E-state index in [4.69, 9.17) is 0 Å². The molecule has 2 aromatic heterocycles. The average molecular weight is 395 g/mol. The van der Waals surface area contributed by atoms with Crippen LogP contribution in [-0.2, 0) is 5.75 Å². The van der Waals surface area contributed by atoms with E-state index >= 15 is 0 Å². The van der Waals surface area contributed by atoms with Crippen LogP contribution in [0.15, 0.2) is 70.8 Å². The quantitative estimate of drug-likeness (QED) is 0.501. The van der Waals surface area contributed by atoms with Gasteiger partial charge in [-0.25, -0.2) is 4.98 Å². The van der Waals surface area contributed by atoms with Crippen LogP contribution in [0.5, 0.6) is 0 Å². The molecule has 6 heteroatoms. The summed E-state index contributed by atoms with van der Waals surface area (Å²) in [5.41, 5.74) is 2.72. The maximum Gasteiger partial charge on any atom is 0.260 e. The number of hydrogen-bond acceptors (Lipinski definition) is 5. The predicted octanol–water partition coefficient (Wildman–Crippen LogP) is 4.62. The van der Waals surface area contributed by atoms with Crippen LogP contribution in [0, 0.1) is 0 Å². The maximum absolute atomic E-state index is 12.6. The number of thiophene rings is 1. The molecule has 2 N–H and O–H groups in total. The molecule has 0 fully saturated rings. The minimum atomic E-state index is -0.530. The molecule has 0 radical (unpaired) electrons. The molecule has 4 nitrogen and oxygen atoms in total. The second-order valence-electron chi connectivity index (χ2n) is 6.15. The van der Waals surface area contributed by atoms with E-state index in [2.05, 4.69) is 9.97 Å². The molecule has 0 spiro atoms. The highest BCUT2D eigenvalue weighted by Gasteiger charge is 2.13. The molecule has 0 saturated heterocycles. The van der Waals surface area contributed by atoms with Crippen molar-refractivity contribution in [2.45, 2.75) is 11.9 Å². The van der Waals surface area contributed by atoms with Crippen molar-refractivity contribution in [3.63, 3.8) is 0 Å². The van der Waals surface area contributed by atoms with E-state index < -0.39 is 6.10 Å². The highest BCUT2D eigenvalue weighted by Crippen LogP contribution is 2.30. The summed E-state index contributed by atoms with van der Waals surface area (Å²) in [5, 5.41) is 12.9. The lowest BCUT2D eigenvalue weighted by molar-refractivity contribution is 0.204. The number of nitrogens with one attached hydrogen (secondary N) is 1. The van der Waals surface area contributed by atoms with Crippen molar-refractivity contribution < 1.29 is 5.11 Å². The van der Waals surface area contributed by atoms with Gasteiger partial charge in [0.05, 0.1) is 17.2 Å². The van der Waals surface area contributed by atoms with Gasteiger partial charge in [0.25, 0.3) is 5.56 Å². The van der Waals surface area contributed by atoms with E-state index in [9.17, 15) is 9.90 Å². The molecule has 0 aliphatic rings. The molecule has 0 amide bonds. The molecule has 0 saturated carbocycles. The number of aromatic amines is 1. The molecule has 0 aliphatic heterocycles. The molecule has 2 heterocycles. The fourth-order valence-corrected chi connectivity index (χ4v) is 4.76. The Morgan fingerprint density at radius 3 is 2.52 bits per heavy atom. The van der Waals surface area contributed by atoms with E-state index in [1.54, 1.807) is 11.8 Å². The Bertz CT molecular complexity index is 1090. The smallest absolute Gasteiger partial charge is 0.260 e. The number of rotatable bonds is 6. The Hall–Kier alpha value is -2.41. The van der Waals surface area contributed by atoms with Crippen LogP contribution < -0.4 is 5.56 Å². The van der Waals surface area contributed by atoms with Gasteiger partial charge in [0, 0.05) is 16.7 Å². The van der Waals surface area contributed by atoms with Gasteiger partial charge in [0.1, 0.15) is 10.7 Å². The van der Waals surface area contributed by atoms with E-state index in [0.29, 0.717) is 22.7 Å². The zero-order valence-corrected chi connectivity index (χ0v) is 16.1. The summed E-state index contributed by atoms with van der Waals surface area (Å²) in [6.07, 6.45) is -0.530. The van der Waals surface area contributed by atoms with Crippen molar-refractivity contribution in [2.24, 2.45) is 0 Å². The van der Waals surface area contributed by atoms with Gasteiger partial charge in [0.15, 0.2) is 0 Å². The summed E-state index contributed by atoms with van der Waals surface area (Å²) >= 11 is 3.04. The molecule has 4 aromatic rings. The molecule has 2 aromatic carbocycles. The lowest BCUT2D eigenvalue weighted by Crippen LogP contribution is -2.11. The van der Waals surface area contributed by atoms with Gasteiger partial charge >= 0.3 is 0 Å². The summed E-state index contributed by atoms with van der Waals surface area (Å²) in [6.45, 7) is 0. The summed E-state index contributed by atoms with van der Waals surface area (Å²) in [7, 11) is 0. The normalized spacial score (nSPS) is 12.3. The summed E-state index contributed by atoms with van der Waals surface area (Å²) in [4.78, 5) is 20.9. The van der Waals surface area contributed by atoms with Crippen molar-refractivity contribution in [2.75, 3.05) is 5.75 Å². The fraction of sp³-hybridized carbons (Fsp3) is 0.143. The van der Waals surface area contributed by atoms with Crippen LogP contribution in [0.3, 0.4) is 0 Å². The van der Waals surface area contributed by atoms with E-state index in [1.165, 1.54) is 11.3 Å². The van der Waals surface area contributed by atoms with E-state index in [-0.39, 0.29) is 5.56 Å². The van der Waals surface area contributed by atoms with Gasteiger partial charge in [-0.05, 0) is 11.1 Å². The first-order chi connectivity index (χ1) is 13.2. The molecule has 0 bridgehead atoms. The Balaban J connectivity index is 1.50. The van der Waals surface area contributed by atoms with Crippen molar-refractivity contribution in [1.82, 2.24) is 9.97 Å². The van der Waals surface area contributed by atoms with E-state index in [1.807, 2.05) is 66.0 Å². The van der Waals surface area contributed by atoms with Crippen LogP contribution >= 0.6 is 23.1 Å². The zero-order valence-electron chi connectivity index (χ0n) is 14.5. The first-order valence-electron chi connectivity index (χ1n) is 8.59. The minimum absolute atomic E-state index is 0.112. The van der Waals surface area contributed by atoms with Gasteiger partial charge in [-0.2, -0.15) is 11.8 Å². The number of aromatic nitrogens is 2. The molecule has 136 valence electrons. The maximum atomic E-state index is 12.6. The third kappa shape index (κ3) is 3.98. The Morgan fingerprint density at radius 2 is 1.78 bits per heavy atom. The Labute approximate surface area is 164 Å². The molecule has 0 aliphatic carbocycles. The first kappa shape index (κ1) is 18.0. The second kappa shape index (κ2) is 8.08. The monoisotopic (exact) mass is 394 g/mol. The molecule has 1 atom stereocenters. The number of benzene rings is 2. The van der Waals surface area contributed by atoms with Crippen LogP contribution in [-0.4, -0.2) is 20.8 Å². The van der Waals surface area contributed by atoms with Crippen molar-refractivity contribution >= 4 is 33.3 Å². The van der Waals surface area contributed by atoms with Gasteiger partial charge < -0.3 is 10.1 Å². The molecular weight excluding hydrogens is 376 g/mol. The standard InChI is InChI=1S/C21H18N2O2S2/c24-17(15-9-5-2-6-10-15)12-26-13-18-22-20(25)19-16(11-27-21(19)23-18)14-7-3-1-4-8-14/h1-11,17,24H,12-13H2,(H,22,23,25)/t17-/m0/s1. The average Bonchev–Trinajstić information content (AvgIpc) is 3.14. The second-order valence-corrected chi connectivity index (χ2v) is 8.04. The predicted molar refractivity (Wildman–Crippen MR) is 113 cm³/mol. The van der Waals surface area contributed by atoms with Gasteiger partial charge in [-0.15, -0.1) is 11.3 Å². The fourth-order valence-electron chi connectivity index (χ4n) is 2.93. The zero-order chi connectivity index (χ0) is 18.6. The topological polar surface area (TPSA) is 66.0 Å². The third-order valence-electron chi connectivity index (χ3n) is 4.28. The van der Waals surface area contributed by atoms with Crippen molar-refractivity contribution in [3.8, 4) is 11.1 Å². The summed E-state index contributed by atoms with van der Waals surface area (Å²) < 4.78 is 0. The van der Waals surface area contributed by atoms with Crippen LogP contribution in [0.25, 0.3) is 21.3 Å². The highest BCUT2D eigenvalue weighted by molar-refractivity contribution is 7.98. The Kier molecular flexibility index (Phi) is 5.38. The number of nitrogens with zero attached hydrogens (tertiary/aromatic N) is 1. The number of fused-ring (bicyclic) bond motifs is 1. The van der Waals surface area contributed by atoms with Crippen LogP contribution in [0.4, 0.5) is 0 Å². The number of thioether (sulfide) groups is 1. The van der Waals surface area contributed by atoms with Gasteiger partial charge in [0.2, 0.25) is 0 Å². The molecular formula is C21H18N2O2S2. The number of hydrogen-bond donors (Lipinski definition) is 2. The lowest BCUT2D eigenvalue weighted by atomic mass is 10.1. The lowest BCUT2D eigenvalue weighted by Gasteiger charge is -2.10. The third-order valence-corrected chi connectivity index (χ3v) is 6.18. The first-order valence-corrected chi connectivity index (χ1v) is 10.6. The summed E-state index contributed by atoms with van der Waals surface area (Å²) in [5.74, 6) is 1.73. The largest absolute Gasteiger partial charge is 0.388 e. The minimum Gasteiger partial charge on any atom is -0.388 e. The highest BCUT2D eigenvalue weighted by atomic mass is 32.2. The molecule has 27 heavy (non-hydrogen) atoms. The molecule has 0 unspecified atom stereocenters. The van der Waals surface area contributed by atoms with Gasteiger partial charge in [-0.1, -0.05) is 60.7 Å². The van der Waals surface area contributed by atoms with Gasteiger partial charge in [-0.3, -0.25) is 4.79 Å². The SMILES string of the molecule is O=c1[nH]c(CSC[C@H](O)c2ccccc2)nc2scc(-c3ccccc3)c12.